The van der Waals surface area contributed by atoms with E-state index in [0.29, 0.717) is 17.1 Å². The second-order valence-electron chi connectivity index (χ2n) is 8.48. The fraction of sp³-hybridized carbons (Fsp3) is 0.250. The molecule has 0 atom stereocenters. The summed E-state index contributed by atoms with van der Waals surface area (Å²) in [4.78, 5) is 8.18. The number of hydrogen-bond donors (Lipinski definition) is 1. The molecule has 0 aliphatic carbocycles. The van der Waals surface area contributed by atoms with Gasteiger partial charge in [-0.1, -0.05) is 36.0 Å². The summed E-state index contributed by atoms with van der Waals surface area (Å²) in [5.41, 5.74) is 2.50. The van der Waals surface area contributed by atoms with Crippen LogP contribution >= 0.6 is 11.8 Å². The number of nitrogens with zero attached hydrogens (tertiary/aromatic N) is 2. The predicted octanol–water partition coefficient (Wildman–Crippen LogP) is 5.91. The summed E-state index contributed by atoms with van der Waals surface area (Å²) >= 11 is 1.05. The third-order valence-corrected chi connectivity index (χ3v) is 6.11. The highest BCUT2D eigenvalue weighted by atomic mass is 32.2. The van der Waals surface area contributed by atoms with Crippen LogP contribution in [-0.2, 0) is 12.6 Å². The van der Waals surface area contributed by atoms with Crippen LogP contribution in [0.1, 0.15) is 30.7 Å². The first-order valence-electron chi connectivity index (χ1n) is 10.3. The van der Waals surface area contributed by atoms with Crippen LogP contribution in [0.5, 0.6) is 11.5 Å². The summed E-state index contributed by atoms with van der Waals surface area (Å²) in [5.74, 6) is 1.02. The van der Waals surface area contributed by atoms with E-state index in [9.17, 15) is 13.2 Å². The normalized spacial score (nSPS) is 17.5. The van der Waals surface area contributed by atoms with Crippen molar-refractivity contribution in [2.45, 2.75) is 37.1 Å². The van der Waals surface area contributed by atoms with Crippen molar-refractivity contribution < 1.29 is 22.6 Å². The van der Waals surface area contributed by atoms with Crippen molar-refractivity contribution >= 4 is 17.5 Å². The Labute approximate surface area is 193 Å². The van der Waals surface area contributed by atoms with E-state index in [0.717, 1.165) is 35.5 Å². The Bertz CT molecular complexity index is 1260. The average Bonchev–Trinajstić information content (AvgIpc) is 3.24. The summed E-state index contributed by atoms with van der Waals surface area (Å²) < 4.78 is 51.5. The lowest BCUT2D eigenvalue weighted by atomic mass is 9.86. The fourth-order valence-electron chi connectivity index (χ4n) is 3.92. The maximum atomic E-state index is 13.6. The lowest BCUT2D eigenvalue weighted by Crippen LogP contribution is -2.43. The number of nitrogens with one attached hydrogen (secondary N) is 1. The SMILES string of the molecule is CC1(C)Cc2ccccc2C(=CSc2nc(-c3ccc4c(c3)OCO4)cc(C(F)(F)F)n2)N1. The van der Waals surface area contributed by atoms with Crippen molar-refractivity contribution in [3.05, 3.63) is 70.8 Å². The van der Waals surface area contributed by atoms with E-state index in [4.69, 9.17) is 9.47 Å². The van der Waals surface area contributed by atoms with E-state index in [2.05, 4.69) is 35.2 Å². The maximum absolute atomic E-state index is 13.6. The molecule has 0 spiro atoms. The first-order chi connectivity index (χ1) is 15.7. The molecule has 33 heavy (non-hydrogen) atoms. The van der Waals surface area contributed by atoms with E-state index < -0.39 is 11.9 Å². The van der Waals surface area contributed by atoms with Crippen molar-refractivity contribution in [3.63, 3.8) is 0 Å². The van der Waals surface area contributed by atoms with E-state index in [1.807, 2.05) is 18.2 Å². The molecule has 170 valence electrons. The molecule has 0 amide bonds. The summed E-state index contributed by atoms with van der Waals surface area (Å²) in [6, 6.07) is 13.9. The third kappa shape index (κ3) is 4.50. The van der Waals surface area contributed by atoms with Gasteiger partial charge in [-0.2, -0.15) is 13.2 Å². The minimum absolute atomic E-state index is 0.00709. The molecule has 0 radical (unpaired) electrons. The lowest BCUT2D eigenvalue weighted by Gasteiger charge is -2.35. The molecule has 0 fully saturated rings. The standard InChI is InChI=1S/C24H20F3N3O2S/c1-23(2)11-15-5-3-4-6-16(15)18(30-23)12-33-22-28-17(10-21(29-22)24(25,26)27)14-7-8-19-20(9-14)32-13-31-19/h3-10,12,30H,11,13H2,1-2H3. The summed E-state index contributed by atoms with van der Waals surface area (Å²) in [7, 11) is 0. The monoisotopic (exact) mass is 471 g/mol. The number of thioether (sulfide) groups is 1. The molecular weight excluding hydrogens is 451 g/mol. The summed E-state index contributed by atoms with van der Waals surface area (Å²) in [6.45, 7) is 4.25. The molecule has 2 aliphatic rings. The van der Waals surface area contributed by atoms with Gasteiger partial charge in [0.1, 0.15) is 5.69 Å². The first kappa shape index (κ1) is 21.6. The quantitative estimate of drug-likeness (QED) is 0.379. The van der Waals surface area contributed by atoms with Gasteiger partial charge in [-0.15, -0.1) is 0 Å². The van der Waals surface area contributed by atoms with E-state index in [1.165, 1.54) is 5.56 Å². The van der Waals surface area contributed by atoms with Crippen LogP contribution in [0, 0.1) is 0 Å². The maximum Gasteiger partial charge on any atom is 0.433 e. The van der Waals surface area contributed by atoms with Gasteiger partial charge in [0.2, 0.25) is 6.79 Å². The smallest absolute Gasteiger partial charge is 0.433 e. The summed E-state index contributed by atoms with van der Waals surface area (Å²) in [5, 5.41) is 5.25. The highest BCUT2D eigenvalue weighted by Gasteiger charge is 2.34. The van der Waals surface area contributed by atoms with Crippen LogP contribution in [0.15, 0.2) is 59.1 Å². The van der Waals surface area contributed by atoms with Crippen molar-refractivity contribution in [1.29, 1.82) is 0 Å². The second kappa shape index (κ2) is 7.98. The van der Waals surface area contributed by atoms with E-state index >= 15 is 0 Å². The zero-order chi connectivity index (χ0) is 23.2. The highest BCUT2D eigenvalue weighted by molar-refractivity contribution is 8.02. The third-order valence-electron chi connectivity index (χ3n) is 5.36. The van der Waals surface area contributed by atoms with Crippen molar-refractivity contribution in [2.24, 2.45) is 0 Å². The zero-order valence-electron chi connectivity index (χ0n) is 17.9. The summed E-state index contributed by atoms with van der Waals surface area (Å²) in [6.07, 6.45) is -3.76. The Hall–Kier alpha value is -3.20. The van der Waals surface area contributed by atoms with Crippen LogP contribution < -0.4 is 14.8 Å². The molecule has 3 aromatic rings. The molecule has 1 aromatic heterocycles. The molecule has 0 saturated heterocycles. The number of halogens is 3. The van der Waals surface area contributed by atoms with Crippen LogP contribution in [0.25, 0.3) is 17.0 Å². The lowest BCUT2D eigenvalue weighted by molar-refractivity contribution is -0.141. The van der Waals surface area contributed by atoms with Gasteiger partial charge < -0.3 is 14.8 Å². The Morgan fingerprint density at radius 3 is 2.64 bits per heavy atom. The number of ether oxygens (including phenoxy) is 2. The minimum Gasteiger partial charge on any atom is -0.454 e. The minimum atomic E-state index is -4.60. The second-order valence-corrected chi connectivity index (χ2v) is 9.32. The molecule has 9 heteroatoms. The number of alkyl halides is 3. The van der Waals surface area contributed by atoms with Gasteiger partial charge in [-0.3, -0.25) is 0 Å². The van der Waals surface area contributed by atoms with Gasteiger partial charge in [0, 0.05) is 27.8 Å². The van der Waals surface area contributed by atoms with Gasteiger partial charge in [0.15, 0.2) is 16.7 Å². The van der Waals surface area contributed by atoms with Crippen LogP contribution in [0.2, 0.25) is 0 Å². The topological polar surface area (TPSA) is 56.3 Å². The van der Waals surface area contributed by atoms with Crippen molar-refractivity contribution in [3.8, 4) is 22.8 Å². The van der Waals surface area contributed by atoms with Crippen molar-refractivity contribution in [2.75, 3.05) is 6.79 Å². The molecule has 1 N–H and O–H groups in total. The molecule has 5 nitrogen and oxygen atoms in total. The molecule has 0 bridgehead atoms. The number of aromatic nitrogens is 2. The number of hydrogen-bond acceptors (Lipinski definition) is 6. The Kier molecular flexibility index (Phi) is 5.23. The van der Waals surface area contributed by atoms with Gasteiger partial charge in [-0.25, -0.2) is 9.97 Å². The van der Waals surface area contributed by atoms with Gasteiger partial charge in [0.25, 0.3) is 0 Å². The van der Waals surface area contributed by atoms with Gasteiger partial charge in [0.05, 0.1) is 5.69 Å². The Morgan fingerprint density at radius 2 is 1.82 bits per heavy atom. The zero-order valence-corrected chi connectivity index (χ0v) is 18.7. The molecule has 2 aliphatic heterocycles. The number of fused-ring (bicyclic) bond motifs is 2. The molecule has 5 rings (SSSR count). The van der Waals surface area contributed by atoms with E-state index in [-0.39, 0.29) is 23.2 Å². The molecule has 0 unspecified atom stereocenters. The molecular formula is C24H20F3N3O2S. The average molecular weight is 472 g/mol. The number of rotatable bonds is 3. The first-order valence-corrected chi connectivity index (χ1v) is 11.2. The van der Waals surface area contributed by atoms with Gasteiger partial charge in [-0.05, 0) is 50.1 Å². The molecule has 0 saturated carbocycles. The number of benzene rings is 2. The van der Waals surface area contributed by atoms with Crippen molar-refractivity contribution in [1.82, 2.24) is 15.3 Å². The Balaban J connectivity index is 1.53. The van der Waals surface area contributed by atoms with Crippen LogP contribution in [0.4, 0.5) is 13.2 Å². The predicted molar refractivity (Wildman–Crippen MR) is 120 cm³/mol. The molecule has 2 aromatic carbocycles. The van der Waals surface area contributed by atoms with Crippen LogP contribution in [0.3, 0.4) is 0 Å². The highest BCUT2D eigenvalue weighted by Crippen LogP contribution is 2.38. The van der Waals surface area contributed by atoms with Gasteiger partial charge >= 0.3 is 6.18 Å². The van der Waals surface area contributed by atoms with Crippen LogP contribution in [-0.4, -0.2) is 22.3 Å². The Morgan fingerprint density at radius 1 is 1.03 bits per heavy atom. The largest absolute Gasteiger partial charge is 0.454 e. The molecule has 3 heterocycles. The fourth-order valence-corrected chi connectivity index (χ4v) is 4.63. The van der Waals surface area contributed by atoms with E-state index in [1.54, 1.807) is 23.6 Å².